The average Bonchev–Trinajstić information content (AvgIpc) is 2.81. The van der Waals surface area contributed by atoms with Gasteiger partial charge in [0.05, 0.1) is 23.2 Å². The van der Waals surface area contributed by atoms with Crippen LogP contribution in [0.3, 0.4) is 0 Å². The van der Waals surface area contributed by atoms with Gasteiger partial charge in [0.2, 0.25) is 5.91 Å². The Balaban J connectivity index is 1.57. The van der Waals surface area contributed by atoms with E-state index in [4.69, 9.17) is 16.6 Å². The molecule has 1 aromatic heterocycles. The highest BCUT2D eigenvalue weighted by atomic mass is 35.5. The lowest BCUT2D eigenvalue weighted by Gasteiger charge is -2.33. The standard InChI is InChI=1S/C25H28ClN3O2S/c1-17-7-13-20(14-8-17)28(2)23(30)16-32-25-27-22-6-4-3-5-21(22)24(31)29(25)15-18-9-11-19(26)12-10-18/h3-6,9-12,17,20H,7-8,13-16H2,1-2H3. The Morgan fingerprint density at radius 2 is 1.81 bits per heavy atom. The van der Waals surface area contributed by atoms with Crippen molar-refractivity contribution in [2.24, 2.45) is 5.92 Å². The molecule has 5 nitrogen and oxygen atoms in total. The van der Waals surface area contributed by atoms with Crippen LogP contribution < -0.4 is 5.56 Å². The molecule has 0 N–H and O–H groups in total. The number of carbonyl (C=O) groups is 1. The number of hydrogen-bond acceptors (Lipinski definition) is 4. The Hall–Kier alpha value is -2.31. The first-order valence-corrected chi connectivity index (χ1v) is 12.4. The van der Waals surface area contributed by atoms with Gasteiger partial charge in [-0.05, 0) is 61.4 Å². The number of nitrogens with zero attached hydrogens (tertiary/aromatic N) is 3. The summed E-state index contributed by atoms with van der Waals surface area (Å²) in [6, 6.07) is 15.1. The summed E-state index contributed by atoms with van der Waals surface area (Å²) in [5.74, 6) is 1.08. The van der Waals surface area contributed by atoms with Gasteiger partial charge in [-0.2, -0.15) is 0 Å². The molecule has 1 fully saturated rings. The SMILES string of the molecule is CC1CCC(N(C)C(=O)CSc2nc3ccccc3c(=O)n2Cc2ccc(Cl)cc2)CC1. The van der Waals surface area contributed by atoms with Gasteiger partial charge >= 0.3 is 0 Å². The van der Waals surface area contributed by atoms with Crippen molar-refractivity contribution < 1.29 is 4.79 Å². The molecule has 0 aliphatic heterocycles. The summed E-state index contributed by atoms with van der Waals surface area (Å²) in [5, 5.41) is 1.78. The van der Waals surface area contributed by atoms with E-state index in [0.717, 1.165) is 24.3 Å². The van der Waals surface area contributed by atoms with Gasteiger partial charge in [-0.15, -0.1) is 0 Å². The molecule has 0 radical (unpaired) electrons. The van der Waals surface area contributed by atoms with Crippen molar-refractivity contribution in [3.8, 4) is 0 Å². The van der Waals surface area contributed by atoms with Gasteiger partial charge in [0.15, 0.2) is 5.16 Å². The van der Waals surface area contributed by atoms with Gasteiger partial charge in [0, 0.05) is 18.1 Å². The number of aromatic nitrogens is 2. The summed E-state index contributed by atoms with van der Waals surface area (Å²) in [6.45, 7) is 2.65. The van der Waals surface area contributed by atoms with Gasteiger partial charge in [-0.3, -0.25) is 14.2 Å². The van der Waals surface area contributed by atoms with E-state index in [2.05, 4.69) is 6.92 Å². The Labute approximate surface area is 197 Å². The number of para-hydroxylation sites is 1. The molecule has 1 aliphatic carbocycles. The summed E-state index contributed by atoms with van der Waals surface area (Å²) in [5.41, 5.74) is 1.50. The number of thioether (sulfide) groups is 1. The van der Waals surface area contributed by atoms with Crippen LogP contribution in [-0.2, 0) is 11.3 Å². The van der Waals surface area contributed by atoms with E-state index >= 15 is 0 Å². The number of carbonyl (C=O) groups excluding carboxylic acids is 1. The monoisotopic (exact) mass is 469 g/mol. The first kappa shape index (κ1) is 22.9. The predicted molar refractivity (Wildman–Crippen MR) is 131 cm³/mol. The third-order valence-corrected chi connectivity index (χ3v) is 7.54. The highest BCUT2D eigenvalue weighted by Crippen LogP contribution is 2.27. The molecule has 0 spiro atoms. The van der Waals surface area contributed by atoms with E-state index in [-0.39, 0.29) is 17.2 Å². The van der Waals surface area contributed by atoms with Crippen LogP contribution in [-0.4, -0.2) is 39.2 Å². The molecule has 0 atom stereocenters. The third-order valence-electron chi connectivity index (χ3n) is 6.33. The number of benzene rings is 2. The normalized spacial score (nSPS) is 18.6. The van der Waals surface area contributed by atoms with Gasteiger partial charge in [-0.25, -0.2) is 4.98 Å². The Kier molecular flexibility index (Phi) is 7.21. The smallest absolute Gasteiger partial charge is 0.262 e. The number of halogens is 1. The zero-order valence-electron chi connectivity index (χ0n) is 18.5. The van der Waals surface area contributed by atoms with Gasteiger partial charge in [0.1, 0.15) is 0 Å². The molecule has 1 saturated carbocycles. The van der Waals surface area contributed by atoms with E-state index in [1.54, 1.807) is 10.6 Å². The molecular weight excluding hydrogens is 442 g/mol. The summed E-state index contributed by atoms with van der Waals surface area (Å²) in [6.07, 6.45) is 4.46. The molecular formula is C25H28ClN3O2S. The lowest BCUT2D eigenvalue weighted by molar-refractivity contribution is -0.129. The van der Waals surface area contributed by atoms with Crippen LogP contribution in [0.15, 0.2) is 58.5 Å². The van der Waals surface area contributed by atoms with Crippen LogP contribution >= 0.6 is 23.4 Å². The molecule has 1 aliphatic rings. The van der Waals surface area contributed by atoms with E-state index < -0.39 is 0 Å². The van der Waals surface area contributed by atoms with Crippen molar-refractivity contribution in [3.05, 3.63) is 69.5 Å². The lowest BCUT2D eigenvalue weighted by Crippen LogP contribution is -2.40. The molecule has 0 bridgehead atoms. The Bertz CT molecular complexity index is 1150. The maximum atomic E-state index is 13.3. The van der Waals surface area contributed by atoms with Crippen molar-refractivity contribution >= 4 is 40.2 Å². The van der Waals surface area contributed by atoms with Crippen molar-refractivity contribution in [1.29, 1.82) is 0 Å². The maximum absolute atomic E-state index is 13.3. The number of rotatable bonds is 6. The Morgan fingerprint density at radius 1 is 1.12 bits per heavy atom. The van der Waals surface area contributed by atoms with Crippen LogP contribution in [0.1, 0.15) is 38.2 Å². The van der Waals surface area contributed by atoms with Gasteiger partial charge in [-0.1, -0.05) is 54.6 Å². The number of hydrogen-bond donors (Lipinski definition) is 0. The van der Waals surface area contributed by atoms with Crippen LogP contribution in [0.25, 0.3) is 10.9 Å². The minimum absolute atomic E-state index is 0.0787. The fraction of sp³-hybridized carbons (Fsp3) is 0.400. The highest BCUT2D eigenvalue weighted by molar-refractivity contribution is 7.99. The summed E-state index contributed by atoms with van der Waals surface area (Å²) < 4.78 is 1.66. The molecule has 1 heterocycles. The van der Waals surface area contributed by atoms with E-state index in [1.165, 1.54) is 24.6 Å². The third kappa shape index (κ3) is 5.18. The van der Waals surface area contributed by atoms with E-state index in [1.807, 2.05) is 54.4 Å². The second-order valence-corrected chi connectivity index (χ2v) is 10.0. The number of fused-ring (bicyclic) bond motifs is 1. The van der Waals surface area contributed by atoms with Gasteiger partial charge < -0.3 is 4.90 Å². The van der Waals surface area contributed by atoms with E-state index in [0.29, 0.717) is 33.7 Å². The minimum Gasteiger partial charge on any atom is -0.342 e. The maximum Gasteiger partial charge on any atom is 0.262 e. The summed E-state index contributed by atoms with van der Waals surface area (Å²) in [7, 11) is 1.90. The van der Waals surface area contributed by atoms with Crippen molar-refractivity contribution in [2.75, 3.05) is 12.8 Å². The topological polar surface area (TPSA) is 55.2 Å². The first-order chi connectivity index (χ1) is 15.4. The van der Waals surface area contributed by atoms with Crippen molar-refractivity contribution in [2.45, 2.75) is 50.4 Å². The van der Waals surface area contributed by atoms with Crippen molar-refractivity contribution in [1.82, 2.24) is 14.5 Å². The lowest BCUT2D eigenvalue weighted by atomic mass is 9.87. The fourth-order valence-electron chi connectivity index (χ4n) is 4.23. The predicted octanol–water partition coefficient (Wildman–Crippen LogP) is 5.23. The summed E-state index contributed by atoms with van der Waals surface area (Å²) >= 11 is 7.35. The average molecular weight is 470 g/mol. The molecule has 168 valence electrons. The van der Waals surface area contributed by atoms with Gasteiger partial charge in [0.25, 0.3) is 5.56 Å². The Morgan fingerprint density at radius 3 is 2.53 bits per heavy atom. The molecule has 7 heteroatoms. The fourth-order valence-corrected chi connectivity index (χ4v) is 5.28. The largest absolute Gasteiger partial charge is 0.342 e. The molecule has 3 aromatic rings. The van der Waals surface area contributed by atoms with Crippen LogP contribution in [0.4, 0.5) is 0 Å². The molecule has 1 amide bonds. The van der Waals surface area contributed by atoms with Crippen LogP contribution in [0, 0.1) is 5.92 Å². The molecule has 32 heavy (non-hydrogen) atoms. The molecule has 2 aromatic carbocycles. The first-order valence-electron chi connectivity index (χ1n) is 11.0. The van der Waals surface area contributed by atoms with Crippen molar-refractivity contribution in [3.63, 3.8) is 0 Å². The van der Waals surface area contributed by atoms with Crippen LogP contribution in [0.5, 0.6) is 0 Å². The quantitative estimate of drug-likeness (QED) is 0.366. The zero-order chi connectivity index (χ0) is 22.7. The molecule has 4 rings (SSSR count). The zero-order valence-corrected chi connectivity index (χ0v) is 20.0. The second-order valence-electron chi connectivity index (χ2n) is 8.64. The van der Waals surface area contributed by atoms with E-state index in [9.17, 15) is 9.59 Å². The second kappa shape index (κ2) is 10.1. The highest BCUT2D eigenvalue weighted by Gasteiger charge is 2.25. The molecule has 0 saturated heterocycles. The number of amides is 1. The van der Waals surface area contributed by atoms with Crippen LogP contribution in [0.2, 0.25) is 5.02 Å². The minimum atomic E-state index is -0.102. The summed E-state index contributed by atoms with van der Waals surface area (Å²) in [4.78, 5) is 32.8. The molecule has 0 unspecified atom stereocenters.